The number of carbonyl (C=O) groups is 1. The van der Waals surface area contributed by atoms with Crippen molar-refractivity contribution in [2.24, 2.45) is 0 Å². The highest BCUT2D eigenvalue weighted by molar-refractivity contribution is 5.88. The molecule has 0 aliphatic heterocycles. The average molecular weight is 350 g/mol. The molecule has 0 bridgehead atoms. The van der Waals surface area contributed by atoms with Gasteiger partial charge in [-0.25, -0.2) is 0 Å². The van der Waals surface area contributed by atoms with Crippen molar-refractivity contribution in [2.45, 2.75) is 51.0 Å². The van der Waals surface area contributed by atoms with Crippen molar-refractivity contribution in [1.82, 2.24) is 20.1 Å². The highest BCUT2D eigenvalue weighted by atomic mass is 16.3. The minimum absolute atomic E-state index is 0.0224. The molecule has 0 unspecified atom stereocenters. The molecule has 1 N–H and O–H groups in total. The molecular formula is C20H22N4O2. The molecule has 1 fully saturated rings. The van der Waals surface area contributed by atoms with Crippen molar-refractivity contribution in [3.8, 4) is 0 Å². The Morgan fingerprint density at radius 1 is 1.27 bits per heavy atom. The first-order chi connectivity index (χ1) is 12.8. The molecule has 2 aliphatic carbocycles. The summed E-state index contributed by atoms with van der Waals surface area (Å²) in [6.07, 6.45) is 9.70. The molecule has 6 nitrogen and oxygen atoms in total. The van der Waals surface area contributed by atoms with Crippen LogP contribution in [0.2, 0.25) is 0 Å². The van der Waals surface area contributed by atoms with E-state index in [-0.39, 0.29) is 5.91 Å². The van der Waals surface area contributed by atoms with Gasteiger partial charge in [0.1, 0.15) is 17.7 Å². The van der Waals surface area contributed by atoms with E-state index in [9.17, 15) is 4.79 Å². The number of carbonyl (C=O) groups excluding carboxylic acids is 1. The topological polar surface area (TPSA) is 73.0 Å². The number of nitrogens with one attached hydrogen (secondary N) is 1. The summed E-state index contributed by atoms with van der Waals surface area (Å²) in [6.45, 7) is 1.30. The van der Waals surface area contributed by atoms with Crippen LogP contribution in [0.1, 0.15) is 47.7 Å². The second-order valence-corrected chi connectivity index (χ2v) is 7.42. The maximum Gasteiger partial charge on any atom is 0.224 e. The Bertz CT molecular complexity index is 968. The molecule has 2 heterocycles. The first-order valence-electron chi connectivity index (χ1n) is 9.44. The lowest BCUT2D eigenvalue weighted by molar-refractivity contribution is -0.120. The number of nitrogens with zero attached hydrogens (tertiary/aromatic N) is 3. The van der Waals surface area contributed by atoms with Gasteiger partial charge in [-0.05, 0) is 55.4 Å². The fourth-order valence-corrected chi connectivity index (χ4v) is 3.93. The molecule has 1 saturated carbocycles. The van der Waals surface area contributed by atoms with Crippen LogP contribution in [0, 0.1) is 0 Å². The molecule has 0 spiro atoms. The lowest BCUT2D eigenvalue weighted by atomic mass is 10.0. The lowest BCUT2D eigenvalue weighted by Gasteiger charge is -2.07. The van der Waals surface area contributed by atoms with Crippen molar-refractivity contribution < 1.29 is 9.21 Å². The van der Waals surface area contributed by atoms with E-state index in [2.05, 4.69) is 32.2 Å². The smallest absolute Gasteiger partial charge is 0.224 e. The van der Waals surface area contributed by atoms with Gasteiger partial charge < -0.3 is 14.3 Å². The summed E-state index contributed by atoms with van der Waals surface area (Å²) in [7, 11) is 0. The quantitative estimate of drug-likeness (QED) is 0.742. The number of aromatic nitrogens is 3. The summed E-state index contributed by atoms with van der Waals surface area (Å²) in [5.41, 5.74) is 4.66. The van der Waals surface area contributed by atoms with Crippen LogP contribution in [0.4, 0.5) is 0 Å². The van der Waals surface area contributed by atoms with Crippen molar-refractivity contribution in [3.63, 3.8) is 0 Å². The lowest BCUT2D eigenvalue weighted by Crippen LogP contribution is -2.28. The number of rotatable bonds is 6. The fourth-order valence-electron chi connectivity index (χ4n) is 3.93. The maximum atomic E-state index is 12.4. The molecule has 134 valence electrons. The first kappa shape index (κ1) is 15.6. The molecule has 0 radical (unpaired) electrons. The molecule has 2 aromatic heterocycles. The molecule has 1 amide bonds. The minimum Gasteiger partial charge on any atom is -0.464 e. The van der Waals surface area contributed by atoms with Crippen LogP contribution in [-0.2, 0) is 30.6 Å². The van der Waals surface area contributed by atoms with E-state index in [1.165, 1.54) is 30.4 Å². The number of hydrogen-bond acceptors (Lipinski definition) is 4. The molecular weight excluding hydrogens is 328 g/mol. The SMILES string of the molecule is O=C(Cc1coc2cc3c(cc12)CCC3)NCCn1cnnc1C1CC1. The number of aryl methyl sites for hydroxylation is 2. The normalized spacial score (nSPS) is 16.2. The molecule has 5 rings (SSSR count). The van der Waals surface area contributed by atoms with Gasteiger partial charge in [-0.2, -0.15) is 0 Å². The maximum absolute atomic E-state index is 12.4. The third-order valence-corrected chi connectivity index (χ3v) is 5.48. The molecule has 1 aromatic carbocycles. The molecule has 26 heavy (non-hydrogen) atoms. The van der Waals surface area contributed by atoms with Crippen LogP contribution in [0.15, 0.2) is 29.1 Å². The summed E-state index contributed by atoms with van der Waals surface area (Å²) in [5, 5.41) is 12.3. The summed E-state index contributed by atoms with van der Waals surface area (Å²) in [4.78, 5) is 12.4. The third-order valence-electron chi connectivity index (χ3n) is 5.48. The highest BCUT2D eigenvalue weighted by Gasteiger charge is 2.28. The van der Waals surface area contributed by atoms with Crippen molar-refractivity contribution in [2.75, 3.05) is 6.54 Å². The Hall–Kier alpha value is -2.63. The van der Waals surface area contributed by atoms with E-state index in [0.717, 1.165) is 35.2 Å². The Labute approximate surface area is 151 Å². The zero-order chi connectivity index (χ0) is 17.5. The minimum atomic E-state index is 0.0224. The predicted octanol–water partition coefficient (Wildman–Crippen LogP) is 2.75. The first-order valence-corrected chi connectivity index (χ1v) is 9.44. The molecule has 2 aliphatic rings. The third kappa shape index (κ3) is 2.89. The van der Waals surface area contributed by atoms with Crippen LogP contribution in [-0.4, -0.2) is 27.2 Å². The zero-order valence-corrected chi connectivity index (χ0v) is 14.7. The van der Waals surface area contributed by atoms with Crippen molar-refractivity contribution >= 4 is 16.9 Å². The Balaban J connectivity index is 1.21. The van der Waals surface area contributed by atoms with Crippen LogP contribution in [0.25, 0.3) is 11.0 Å². The van der Waals surface area contributed by atoms with E-state index in [1.54, 1.807) is 12.6 Å². The number of amides is 1. The van der Waals surface area contributed by atoms with Gasteiger partial charge in [0.25, 0.3) is 0 Å². The van der Waals surface area contributed by atoms with Crippen LogP contribution < -0.4 is 5.32 Å². The Morgan fingerprint density at radius 2 is 2.12 bits per heavy atom. The van der Waals surface area contributed by atoms with Gasteiger partial charge in [-0.3, -0.25) is 4.79 Å². The molecule has 6 heteroatoms. The number of fused-ring (bicyclic) bond motifs is 2. The largest absolute Gasteiger partial charge is 0.464 e. The van der Waals surface area contributed by atoms with Gasteiger partial charge in [0, 0.05) is 30.0 Å². The Morgan fingerprint density at radius 3 is 2.96 bits per heavy atom. The van der Waals surface area contributed by atoms with Gasteiger partial charge in [0.2, 0.25) is 5.91 Å². The molecule has 0 saturated heterocycles. The zero-order valence-electron chi connectivity index (χ0n) is 14.7. The summed E-state index contributed by atoms with van der Waals surface area (Å²) < 4.78 is 7.74. The Kier molecular flexibility index (Phi) is 3.76. The predicted molar refractivity (Wildman–Crippen MR) is 96.9 cm³/mol. The standard InChI is InChI=1S/C20H22N4O2/c25-19(21-6-7-24-12-22-23-20(24)13-4-5-13)10-16-11-26-18-9-15-3-1-2-14(15)8-17(16)18/h8-9,11-13H,1-7,10H2,(H,21,25). The monoisotopic (exact) mass is 350 g/mol. The van der Waals surface area contributed by atoms with E-state index in [0.29, 0.717) is 25.4 Å². The van der Waals surface area contributed by atoms with E-state index < -0.39 is 0 Å². The van der Waals surface area contributed by atoms with E-state index in [4.69, 9.17) is 4.42 Å². The molecule has 3 aromatic rings. The van der Waals surface area contributed by atoms with Crippen molar-refractivity contribution in [1.29, 1.82) is 0 Å². The second kappa shape index (κ2) is 6.27. The van der Waals surface area contributed by atoms with Crippen molar-refractivity contribution in [3.05, 3.63) is 47.2 Å². The average Bonchev–Trinajstić information content (AvgIpc) is 3.04. The summed E-state index contributed by atoms with van der Waals surface area (Å²) >= 11 is 0. The van der Waals surface area contributed by atoms with Crippen LogP contribution in [0.3, 0.4) is 0 Å². The number of hydrogen-bond donors (Lipinski definition) is 1. The van der Waals surface area contributed by atoms with Gasteiger partial charge in [0.05, 0.1) is 12.7 Å². The fraction of sp³-hybridized carbons (Fsp3) is 0.450. The van der Waals surface area contributed by atoms with Gasteiger partial charge in [-0.1, -0.05) is 0 Å². The van der Waals surface area contributed by atoms with Crippen LogP contribution in [0.5, 0.6) is 0 Å². The molecule has 0 atom stereocenters. The summed E-state index contributed by atoms with van der Waals surface area (Å²) in [6, 6.07) is 4.35. The van der Waals surface area contributed by atoms with E-state index in [1.807, 2.05) is 0 Å². The van der Waals surface area contributed by atoms with Gasteiger partial charge >= 0.3 is 0 Å². The highest BCUT2D eigenvalue weighted by Crippen LogP contribution is 2.38. The van der Waals surface area contributed by atoms with Gasteiger partial charge in [0.15, 0.2) is 0 Å². The van der Waals surface area contributed by atoms with Gasteiger partial charge in [-0.15, -0.1) is 10.2 Å². The summed E-state index contributed by atoms with van der Waals surface area (Å²) in [5.74, 6) is 1.63. The van der Waals surface area contributed by atoms with E-state index >= 15 is 0 Å². The number of benzene rings is 1. The number of furan rings is 1. The van der Waals surface area contributed by atoms with Crippen LogP contribution >= 0.6 is 0 Å². The second-order valence-electron chi connectivity index (χ2n) is 7.42.